The van der Waals surface area contributed by atoms with Gasteiger partial charge >= 0.3 is 6.03 Å². The van der Waals surface area contributed by atoms with Gasteiger partial charge in [-0.1, -0.05) is 24.3 Å². The molecule has 142 valence electrons. The number of benzene rings is 2. The van der Waals surface area contributed by atoms with Crippen molar-refractivity contribution in [3.05, 3.63) is 60.3 Å². The van der Waals surface area contributed by atoms with E-state index in [1.807, 2.05) is 55.6 Å². The van der Waals surface area contributed by atoms with Gasteiger partial charge in [0.2, 0.25) is 0 Å². The number of fused-ring (bicyclic) bond motifs is 1. The molecule has 3 N–H and O–H groups in total. The number of hydrogen-bond donors (Lipinski definition) is 3. The SMILES string of the molecule is CCOc1cccc(OCCNC(=O)NCCc2c[nH]c3ccccc23)c1. The zero-order valence-electron chi connectivity index (χ0n) is 15.5. The summed E-state index contributed by atoms with van der Waals surface area (Å²) in [5.41, 5.74) is 2.31. The number of aromatic nitrogens is 1. The zero-order chi connectivity index (χ0) is 18.9. The maximum Gasteiger partial charge on any atom is 0.314 e. The number of aromatic amines is 1. The average Bonchev–Trinajstić information content (AvgIpc) is 3.09. The van der Waals surface area contributed by atoms with Crippen molar-refractivity contribution in [2.75, 3.05) is 26.3 Å². The first-order valence-electron chi connectivity index (χ1n) is 9.18. The van der Waals surface area contributed by atoms with Crippen molar-refractivity contribution in [2.45, 2.75) is 13.3 Å². The second-order valence-corrected chi connectivity index (χ2v) is 6.05. The number of hydrogen-bond acceptors (Lipinski definition) is 3. The summed E-state index contributed by atoms with van der Waals surface area (Å²) in [4.78, 5) is 15.1. The molecule has 3 rings (SSSR count). The number of para-hydroxylation sites is 1. The quantitative estimate of drug-likeness (QED) is 0.507. The summed E-state index contributed by atoms with van der Waals surface area (Å²) < 4.78 is 11.1. The lowest BCUT2D eigenvalue weighted by Gasteiger charge is -2.10. The summed E-state index contributed by atoms with van der Waals surface area (Å²) >= 11 is 0. The highest BCUT2D eigenvalue weighted by molar-refractivity contribution is 5.83. The summed E-state index contributed by atoms with van der Waals surface area (Å²) in [6.07, 6.45) is 2.77. The first kappa shape index (κ1) is 18.6. The Morgan fingerprint density at radius 1 is 1.00 bits per heavy atom. The third-order valence-electron chi connectivity index (χ3n) is 4.13. The van der Waals surface area contributed by atoms with E-state index in [4.69, 9.17) is 9.47 Å². The van der Waals surface area contributed by atoms with E-state index in [-0.39, 0.29) is 6.03 Å². The van der Waals surface area contributed by atoms with E-state index in [1.54, 1.807) is 0 Å². The number of carbonyl (C=O) groups excluding carboxylic acids is 1. The fraction of sp³-hybridized carbons (Fsp3) is 0.286. The van der Waals surface area contributed by atoms with Gasteiger partial charge in [0.15, 0.2) is 0 Å². The van der Waals surface area contributed by atoms with Gasteiger partial charge in [-0.25, -0.2) is 4.79 Å². The molecule has 0 aliphatic heterocycles. The average molecular weight is 367 g/mol. The van der Waals surface area contributed by atoms with Crippen LogP contribution in [-0.2, 0) is 6.42 Å². The maximum atomic E-state index is 11.9. The summed E-state index contributed by atoms with van der Waals surface area (Å²) in [5, 5.41) is 6.86. The Hall–Kier alpha value is -3.15. The number of ether oxygens (including phenoxy) is 2. The molecular weight excluding hydrogens is 342 g/mol. The van der Waals surface area contributed by atoms with Crippen LogP contribution in [-0.4, -0.2) is 37.3 Å². The Balaban J connectivity index is 1.33. The van der Waals surface area contributed by atoms with Crippen LogP contribution < -0.4 is 20.1 Å². The van der Waals surface area contributed by atoms with E-state index >= 15 is 0 Å². The molecule has 6 nitrogen and oxygen atoms in total. The lowest BCUT2D eigenvalue weighted by molar-refractivity contribution is 0.236. The van der Waals surface area contributed by atoms with E-state index in [0.717, 1.165) is 23.4 Å². The van der Waals surface area contributed by atoms with Gasteiger partial charge < -0.3 is 25.1 Å². The lowest BCUT2D eigenvalue weighted by Crippen LogP contribution is -2.38. The van der Waals surface area contributed by atoms with Crippen molar-refractivity contribution < 1.29 is 14.3 Å². The largest absolute Gasteiger partial charge is 0.494 e. The van der Waals surface area contributed by atoms with Gasteiger partial charge in [-0.15, -0.1) is 0 Å². The molecule has 0 saturated carbocycles. The van der Waals surface area contributed by atoms with Gasteiger partial charge in [0.25, 0.3) is 0 Å². The predicted octanol–water partition coefficient (Wildman–Crippen LogP) is 3.49. The van der Waals surface area contributed by atoms with Crippen molar-refractivity contribution in [3.8, 4) is 11.5 Å². The molecule has 27 heavy (non-hydrogen) atoms. The smallest absolute Gasteiger partial charge is 0.314 e. The van der Waals surface area contributed by atoms with Crippen LogP contribution in [0.5, 0.6) is 11.5 Å². The van der Waals surface area contributed by atoms with Crippen LogP contribution in [0.15, 0.2) is 54.7 Å². The molecule has 0 fully saturated rings. The van der Waals surface area contributed by atoms with E-state index in [0.29, 0.717) is 26.3 Å². The fourth-order valence-electron chi connectivity index (χ4n) is 2.87. The number of urea groups is 1. The summed E-state index contributed by atoms with van der Waals surface area (Å²) in [6, 6.07) is 15.4. The molecule has 0 bridgehead atoms. The molecule has 1 aromatic heterocycles. The van der Waals surface area contributed by atoms with Crippen molar-refractivity contribution in [1.29, 1.82) is 0 Å². The van der Waals surface area contributed by atoms with Crippen molar-refractivity contribution in [1.82, 2.24) is 15.6 Å². The van der Waals surface area contributed by atoms with Crippen LogP contribution in [0.1, 0.15) is 12.5 Å². The van der Waals surface area contributed by atoms with Crippen molar-refractivity contribution >= 4 is 16.9 Å². The molecule has 1 heterocycles. The minimum atomic E-state index is -0.193. The first-order valence-corrected chi connectivity index (χ1v) is 9.18. The Morgan fingerprint density at radius 2 is 1.78 bits per heavy atom. The summed E-state index contributed by atoms with van der Waals surface area (Å²) in [5.74, 6) is 1.50. The number of carbonyl (C=O) groups is 1. The highest BCUT2D eigenvalue weighted by Gasteiger charge is 2.04. The Labute approximate surface area is 158 Å². The van der Waals surface area contributed by atoms with E-state index in [9.17, 15) is 4.79 Å². The summed E-state index contributed by atoms with van der Waals surface area (Å²) in [6.45, 7) is 3.95. The molecular formula is C21H25N3O3. The molecule has 0 atom stereocenters. The minimum Gasteiger partial charge on any atom is -0.494 e. The predicted molar refractivity (Wildman–Crippen MR) is 107 cm³/mol. The number of nitrogens with one attached hydrogen (secondary N) is 3. The Kier molecular flexibility index (Phi) is 6.57. The van der Waals surface area contributed by atoms with Gasteiger partial charge in [-0.2, -0.15) is 0 Å². The molecule has 0 unspecified atom stereocenters. The standard InChI is InChI=1S/C21H25N3O3/c1-2-26-17-6-5-7-18(14-17)27-13-12-23-21(25)22-11-10-16-15-24-20-9-4-3-8-19(16)20/h3-9,14-15,24H,2,10-13H2,1H3,(H2,22,23,25). The molecule has 0 radical (unpaired) electrons. The third kappa shape index (κ3) is 5.41. The van der Waals surface area contributed by atoms with Crippen LogP contribution in [0.25, 0.3) is 10.9 Å². The normalized spacial score (nSPS) is 10.6. The van der Waals surface area contributed by atoms with Gasteiger partial charge in [-0.05, 0) is 37.1 Å². The number of H-pyrrole nitrogens is 1. The van der Waals surface area contributed by atoms with Crippen molar-refractivity contribution in [2.24, 2.45) is 0 Å². The van der Waals surface area contributed by atoms with E-state index in [2.05, 4.69) is 21.7 Å². The fourth-order valence-corrected chi connectivity index (χ4v) is 2.87. The van der Waals surface area contributed by atoms with E-state index in [1.165, 1.54) is 10.9 Å². The third-order valence-corrected chi connectivity index (χ3v) is 4.13. The van der Waals surface area contributed by atoms with E-state index < -0.39 is 0 Å². The van der Waals surface area contributed by atoms with Crippen molar-refractivity contribution in [3.63, 3.8) is 0 Å². The molecule has 3 aromatic rings. The first-order chi connectivity index (χ1) is 13.3. The highest BCUT2D eigenvalue weighted by Crippen LogP contribution is 2.19. The van der Waals surface area contributed by atoms with Crippen LogP contribution in [0.4, 0.5) is 4.79 Å². The zero-order valence-corrected chi connectivity index (χ0v) is 15.5. The topological polar surface area (TPSA) is 75.4 Å². The lowest BCUT2D eigenvalue weighted by atomic mass is 10.1. The monoisotopic (exact) mass is 367 g/mol. The molecule has 0 aliphatic rings. The Morgan fingerprint density at radius 3 is 2.63 bits per heavy atom. The molecule has 2 aromatic carbocycles. The van der Waals surface area contributed by atoms with Gasteiger partial charge in [0.05, 0.1) is 13.2 Å². The van der Waals surface area contributed by atoms with Gasteiger partial charge in [-0.3, -0.25) is 0 Å². The van der Waals surface area contributed by atoms with Crippen LogP contribution in [0.2, 0.25) is 0 Å². The minimum absolute atomic E-state index is 0.193. The second-order valence-electron chi connectivity index (χ2n) is 6.05. The van der Waals surface area contributed by atoms with Crippen LogP contribution >= 0.6 is 0 Å². The van der Waals surface area contributed by atoms with Crippen LogP contribution in [0, 0.1) is 0 Å². The summed E-state index contributed by atoms with van der Waals surface area (Å²) in [7, 11) is 0. The van der Waals surface area contributed by atoms with Crippen LogP contribution in [0.3, 0.4) is 0 Å². The molecule has 0 saturated heterocycles. The molecule has 6 heteroatoms. The number of amides is 2. The molecule has 0 spiro atoms. The Bertz CT molecular complexity index is 876. The molecule has 2 amide bonds. The maximum absolute atomic E-state index is 11.9. The highest BCUT2D eigenvalue weighted by atomic mass is 16.5. The molecule has 0 aliphatic carbocycles. The number of rotatable bonds is 9. The van der Waals surface area contributed by atoms with Gasteiger partial charge in [0, 0.05) is 29.7 Å². The van der Waals surface area contributed by atoms with Gasteiger partial charge in [0.1, 0.15) is 18.1 Å². The second kappa shape index (κ2) is 9.52.